The van der Waals surface area contributed by atoms with Crippen LogP contribution < -0.4 is 10.6 Å². The van der Waals surface area contributed by atoms with Gasteiger partial charge in [0.15, 0.2) is 21.5 Å². The van der Waals surface area contributed by atoms with Crippen molar-refractivity contribution >= 4 is 38.9 Å². The number of anilines is 1. The fourth-order valence-electron chi connectivity index (χ4n) is 5.63. The van der Waals surface area contributed by atoms with Gasteiger partial charge in [-0.25, -0.2) is 17.2 Å². The van der Waals surface area contributed by atoms with Crippen molar-refractivity contribution in [1.82, 2.24) is 5.32 Å². The van der Waals surface area contributed by atoms with Crippen LogP contribution in [0.15, 0.2) is 41.3 Å². The predicted octanol–water partition coefficient (Wildman–Crippen LogP) is 4.11. The van der Waals surface area contributed by atoms with Crippen LogP contribution in [0.3, 0.4) is 0 Å². The Morgan fingerprint density at radius 2 is 1.79 bits per heavy atom. The van der Waals surface area contributed by atoms with Gasteiger partial charge in [-0.05, 0) is 74.8 Å². The fourth-order valence-corrected chi connectivity index (χ4v) is 8.03. The van der Waals surface area contributed by atoms with Gasteiger partial charge in [0.25, 0.3) is 5.91 Å². The normalized spacial score (nSPS) is 25.2. The number of rotatable bonds is 9. The average Bonchev–Trinajstić information content (AvgIpc) is 3.05. The number of benzene rings is 2. The molecule has 39 heavy (non-hydrogen) atoms. The van der Waals surface area contributed by atoms with Crippen LogP contribution in [0.2, 0.25) is 5.02 Å². The van der Waals surface area contributed by atoms with Crippen LogP contribution in [-0.4, -0.2) is 55.9 Å². The third-order valence-corrected chi connectivity index (χ3v) is 10.6. The predicted molar refractivity (Wildman–Crippen MR) is 141 cm³/mol. The van der Waals surface area contributed by atoms with Crippen molar-refractivity contribution in [2.75, 3.05) is 19.0 Å². The highest BCUT2D eigenvalue weighted by molar-refractivity contribution is 7.92. The monoisotopic (exact) mass is 584 g/mol. The lowest BCUT2D eigenvalue weighted by Crippen LogP contribution is -2.51. The highest BCUT2D eigenvalue weighted by Crippen LogP contribution is 2.53. The maximum atomic E-state index is 13.7. The summed E-state index contributed by atoms with van der Waals surface area (Å²) in [5, 5.41) is 15.7. The summed E-state index contributed by atoms with van der Waals surface area (Å²) < 4.78 is 59.3. The Labute approximate surface area is 231 Å². The first kappa shape index (κ1) is 29.4. The van der Waals surface area contributed by atoms with Crippen LogP contribution in [0.1, 0.15) is 49.4 Å². The molecule has 2 aromatic carbocycles. The zero-order valence-electron chi connectivity index (χ0n) is 21.5. The number of hydrogen-bond donors (Lipinski definition) is 3. The summed E-state index contributed by atoms with van der Waals surface area (Å²) >= 11 is 6.27. The molecular formula is C27H31ClF2N2O6S. The number of ether oxygens (including phenoxy) is 1. The van der Waals surface area contributed by atoms with Crippen molar-refractivity contribution in [3.05, 3.63) is 58.6 Å². The number of aliphatic hydroxyl groups is 1. The molecule has 2 aliphatic carbocycles. The van der Waals surface area contributed by atoms with E-state index in [-0.39, 0.29) is 64.3 Å². The molecule has 0 radical (unpaired) electrons. The van der Waals surface area contributed by atoms with Crippen LogP contribution in [-0.2, 0) is 19.4 Å². The van der Waals surface area contributed by atoms with Gasteiger partial charge in [0.05, 0.1) is 33.3 Å². The van der Waals surface area contributed by atoms with Gasteiger partial charge in [0.1, 0.15) is 0 Å². The first-order chi connectivity index (χ1) is 18.3. The average molecular weight is 585 g/mol. The van der Waals surface area contributed by atoms with E-state index in [1.54, 1.807) is 6.92 Å². The number of hydrogen-bond acceptors (Lipinski definition) is 6. The summed E-state index contributed by atoms with van der Waals surface area (Å²) in [4.78, 5) is 25.1. The van der Waals surface area contributed by atoms with Gasteiger partial charge in [-0.2, -0.15) is 0 Å². The summed E-state index contributed by atoms with van der Waals surface area (Å²) in [5.74, 6) is -4.02. The van der Waals surface area contributed by atoms with Gasteiger partial charge in [0, 0.05) is 31.0 Å². The molecule has 12 heteroatoms. The molecule has 2 amide bonds. The molecule has 0 aromatic heterocycles. The maximum absolute atomic E-state index is 13.7. The maximum Gasteiger partial charge on any atom is 0.255 e. The summed E-state index contributed by atoms with van der Waals surface area (Å²) in [6, 6.07) is 6.67. The highest BCUT2D eigenvalue weighted by Gasteiger charge is 2.56. The van der Waals surface area contributed by atoms with Crippen LogP contribution in [0.25, 0.3) is 0 Å². The van der Waals surface area contributed by atoms with Crippen LogP contribution >= 0.6 is 11.6 Å². The minimum atomic E-state index is -4.01. The highest BCUT2D eigenvalue weighted by atomic mass is 35.5. The van der Waals surface area contributed by atoms with Crippen LogP contribution in [0.5, 0.6) is 0 Å². The lowest BCUT2D eigenvalue weighted by atomic mass is 9.72. The molecule has 2 bridgehead atoms. The van der Waals surface area contributed by atoms with Gasteiger partial charge in [0.2, 0.25) is 5.91 Å². The van der Waals surface area contributed by atoms with Crippen molar-refractivity contribution in [2.24, 2.45) is 11.8 Å². The molecule has 0 saturated heterocycles. The molecule has 212 valence electrons. The van der Waals surface area contributed by atoms with Gasteiger partial charge >= 0.3 is 0 Å². The molecule has 8 nitrogen and oxygen atoms in total. The fraction of sp³-hybridized carbons (Fsp3) is 0.481. The number of nitrogens with one attached hydrogen (secondary N) is 2. The third kappa shape index (κ3) is 6.11. The van der Waals surface area contributed by atoms with Gasteiger partial charge in [-0.15, -0.1) is 0 Å². The van der Waals surface area contributed by atoms with E-state index in [4.69, 9.17) is 16.3 Å². The van der Waals surface area contributed by atoms with Crippen molar-refractivity contribution in [2.45, 2.75) is 60.9 Å². The van der Waals surface area contributed by atoms with E-state index < -0.39 is 38.2 Å². The van der Waals surface area contributed by atoms with E-state index in [2.05, 4.69) is 10.6 Å². The van der Waals surface area contributed by atoms with Crippen molar-refractivity contribution < 1.29 is 36.6 Å². The van der Waals surface area contributed by atoms with E-state index in [9.17, 15) is 31.9 Å². The largest absolute Gasteiger partial charge is 0.389 e. The summed E-state index contributed by atoms with van der Waals surface area (Å²) in [6.07, 6.45) is 1.20. The quantitative estimate of drug-likeness (QED) is 0.408. The lowest BCUT2D eigenvalue weighted by Gasteiger charge is -2.42. The third-order valence-electron chi connectivity index (χ3n) is 7.92. The Balaban J connectivity index is 1.50. The molecule has 0 aliphatic heterocycles. The van der Waals surface area contributed by atoms with Crippen molar-refractivity contribution in [3.63, 3.8) is 0 Å². The Kier molecular flexibility index (Phi) is 8.65. The molecule has 0 spiro atoms. The first-order valence-electron chi connectivity index (χ1n) is 12.7. The molecule has 3 unspecified atom stereocenters. The number of methoxy groups -OCH3 is 1. The van der Waals surface area contributed by atoms with Crippen molar-refractivity contribution in [1.29, 1.82) is 0 Å². The number of sulfone groups is 1. The molecule has 2 aliphatic rings. The van der Waals surface area contributed by atoms with Crippen LogP contribution in [0.4, 0.5) is 14.5 Å². The van der Waals surface area contributed by atoms with E-state index >= 15 is 0 Å². The van der Waals surface area contributed by atoms with Gasteiger partial charge in [-0.1, -0.05) is 11.6 Å². The zero-order chi connectivity index (χ0) is 28.5. The summed E-state index contributed by atoms with van der Waals surface area (Å²) in [5.41, 5.74) is -1.33. The Morgan fingerprint density at radius 3 is 2.41 bits per heavy atom. The molecule has 2 saturated carbocycles. The number of carbonyl (C=O) groups is 2. The Bertz CT molecular complexity index is 1360. The minimum absolute atomic E-state index is 0.00196. The Hall–Kier alpha value is -2.60. The number of amides is 2. The SMILES string of the molecule is CO[C@@H](C)CNC(=O)CC1(O)C2CC[C@H]1CC(S(=O)(=O)c1cc(C(=O)Nc3ccc(F)c(F)c3)ccc1Cl)C2. The Morgan fingerprint density at radius 1 is 1.13 bits per heavy atom. The lowest BCUT2D eigenvalue weighted by molar-refractivity contribution is -0.133. The first-order valence-corrected chi connectivity index (χ1v) is 14.6. The standard InChI is InChI=1S/C27H31ClF2N2O6S/c1-15(38-2)14-31-25(33)13-27(35)17-4-5-18(27)11-20(10-17)39(36,37)24-9-16(3-7-21(24)28)26(34)32-19-6-8-22(29)23(30)12-19/h3,6-9,12,15,17-18,20,35H,4-5,10-11,13-14H2,1-2H3,(H,31,33)(H,32,34)/t15-,17-,18?,20?,27?/m0/s1. The summed E-state index contributed by atoms with van der Waals surface area (Å²) in [7, 11) is -2.48. The second-order valence-corrected chi connectivity index (χ2v) is 13.0. The van der Waals surface area contributed by atoms with E-state index in [1.165, 1.54) is 31.4 Å². The van der Waals surface area contributed by atoms with Crippen LogP contribution in [0, 0.1) is 23.5 Å². The van der Waals surface area contributed by atoms with Gasteiger partial charge in [-0.3, -0.25) is 9.59 Å². The smallest absolute Gasteiger partial charge is 0.255 e. The number of carbonyl (C=O) groups excluding carboxylic acids is 2. The van der Waals surface area contributed by atoms with E-state index in [0.717, 1.165) is 12.1 Å². The number of halogens is 3. The topological polar surface area (TPSA) is 122 Å². The van der Waals surface area contributed by atoms with E-state index in [1.807, 2.05) is 0 Å². The number of fused-ring (bicyclic) bond motifs is 2. The van der Waals surface area contributed by atoms with Crippen molar-refractivity contribution in [3.8, 4) is 0 Å². The molecule has 4 rings (SSSR count). The van der Waals surface area contributed by atoms with Gasteiger partial charge < -0.3 is 20.5 Å². The molecular weight excluding hydrogens is 554 g/mol. The second-order valence-electron chi connectivity index (χ2n) is 10.4. The molecule has 2 aromatic rings. The zero-order valence-corrected chi connectivity index (χ0v) is 23.1. The molecule has 2 fully saturated rings. The molecule has 3 N–H and O–H groups in total. The van der Waals surface area contributed by atoms with E-state index in [0.29, 0.717) is 19.4 Å². The summed E-state index contributed by atoms with van der Waals surface area (Å²) in [6.45, 7) is 2.11. The molecule has 0 heterocycles. The second kappa shape index (κ2) is 11.5. The molecule has 5 atom stereocenters. The minimum Gasteiger partial charge on any atom is -0.389 e.